The van der Waals surface area contributed by atoms with Gasteiger partial charge in [0, 0.05) is 25.7 Å². The number of hydrogen-bond donors (Lipinski definition) is 3. The molecule has 0 saturated heterocycles. The van der Waals surface area contributed by atoms with Crippen molar-refractivity contribution in [1.29, 1.82) is 0 Å². The van der Waals surface area contributed by atoms with Gasteiger partial charge < -0.3 is 33.8 Å². The van der Waals surface area contributed by atoms with Crippen LogP contribution in [0.4, 0.5) is 0 Å². The second-order valence-electron chi connectivity index (χ2n) is 30.8. The van der Waals surface area contributed by atoms with E-state index in [4.69, 9.17) is 37.0 Å². The summed E-state index contributed by atoms with van der Waals surface area (Å²) in [5.41, 5.74) is 0. The number of hydrogen-bond acceptors (Lipinski definition) is 15. The van der Waals surface area contributed by atoms with Gasteiger partial charge in [-0.2, -0.15) is 0 Å². The monoisotopic (exact) mass is 1490 g/mol. The summed E-state index contributed by atoms with van der Waals surface area (Å²) in [6, 6.07) is 0. The molecule has 0 aromatic heterocycles. The Bertz CT molecular complexity index is 1960. The molecule has 0 aliphatic heterocycles. The number of unbranched alkanes of at least 4 members (excludes halogenated alkanes) is 52. The molecule has 0 heterocycles. The maximum atomic E-state index is 13.1. The molecule has 19 heteroatoms. The van der Waals surface area contributed by atoms with E-state index in [1.807, 2.05) is 0 Å². The largest absolute Gasteiger partial charge is 0.472 e. The molecule has 0 aromatic carbocycles. The summed E-state index contributed by atoms with van der Waals surface area (Å²) < 4.78 is 68.8. The second-order valence-corrected chi connectivity index (χ2v) is 33.7. The van der Waals surface area contributed by atoms with Crippen molar-refractivity contribution < 1.29 is 80.2 Å². The lowest BCUT2D eigenvalue weighted by atomic mass is 10.0. The van der Waals surface area contributed by atoms with Gasteiger partial charge >= 0.3 is 39.5 Å². The summed E-state index contributed by atoms with van der Waals surface area (Å²) in [7, 11) is -9.92. The molecular weight excluding hydrogens is 1330 g/mol. The smallest absolute Gasteiger partial charge is 0.462 e. The van der Waals surface area contributed by atoms with Crippen molar-refractivity contribution >= 4 is 39.5 Å². The van der Waals surface area contributed by atoms with Crippen molar-refractivity contribution in [3.63, 3.8) is 0 Å². The minimum atomic E-state index is -4.96. The molecule has 0 radical (unpaired) electrons. The van der Waals surface area contributed by atoms with E-state index in [2.05, 4.69) is 41.5 Å². The van der Waals surface area contributed by atoms with Crippen molar-refractivity contribution in [2.45, 2.75) is 458 Å². The number of phosphoric ester groups is 2. The molecule has 102 heavy (non-hydrogen) atoms. The van der Waals surface area contributed by atoms with Gasteiger partial charge in [-0.1, -0.05) is 388 Å². The topological polar surface area (TPSA) is 237 Å². The van der Waals surface area contributed by atoms with Gasteiger partial charge in [-0.05, 0) is 37.5 Å². The molecule has 0 amide bonds. The number of carbonyl (C=O) groups excluding carboxylic acids is 4. The SMILES string of the molecule is CCCCCCCCCCCCCCCCCCCCCC(=O)O[C@H](COC(=O)CCCCCCCCCCCCCCCCCCC)COP(=O)(O)OC[C@@H](O)COP(=O)(O)OC[C@@H](COC(=O)CCCCCCCCCC(C)C)OC(=O)CCCCCCCCCCCCCCCC(C)C. The first-order chi connectivity index (χ1) is 49.4. The maximum Gasteiger partial charge on any atom is 0.472 e. The van der Waals surface area contributed by atoms with Crippen LogP contribution in [-0.4, -0.2) is 96.7 Å². The minimum Gasteiger partial charge on any atom is -0.462 e. The first-order valence-corrected chi connectivity index (χ1v) is 46.0. The summed E-state index contributed by atoms with van der Waals surface area (Å²) in [6.07, 6.45) is 65.3. The highest BCUT2D eigenvalue weighted by Gasteiger charge is 2.30. The van der Waals surface area contributed by atoms with Crippen LogP contribution >= 0.6 is 15.6 Å². The molecule has 0 rings (SSSR count). The summed E-state index contributed by atoms with van der Waals surface area (Å²) in [5, 5.41) is 10.7. The van der Waals surface area contributed by atoms with Crippen LogP contribution in [0.15, 0.2) is 0 Å². The Morgan fingerprint density at radius 2 is 0.451 bits per heavy atom. The van der Waals surface area contributed by atoms with Crippen molar-refractivity contribution in [2.75, 3.05) is 39.6 Å². The van der Waals surface area contributed by atoms with E-state index < -0.39 is 97.5 Å². The van der Waals surface area contributed by atoms with Crippen molar-refractivity contribution in [2.24, 2.45) is 11.8 Å². The summed E-state index contributed by atoms with van der Waals surface area (Å²) >= 11 is 0. The number of aliphatic hydroxyl groups excluding tert-OH is 1. The predicted molar refractivity (Wildman–Crippen MR) is 418 cm³/mol. The molecule has 606 valence electrons. The molecule has 3 N–H and O–H groups in total. The summed E-state index contributed by atoms with van der Waals surface area (Å²) in [6.45, 7) is 9.61. The van der Waals surface area contributed by atoms with E-state index in [9.17, 15) is 43.2 Å². The highest BCUT2D eigenvalue weighted by atomic mass is 31.2. The highest BCUT2D eigenvalue weighted by molar-refractivity contribution is 7.47. The van der Waals surface area contributed by atoms with E-state index in [-0.39, 0.29) is 25.7 Å². The van der Waals surface area contributed by atoms with E-state index in [1.165, 1.54) is 250 Å². The predicted octanol–water partition coefficient (Wildman–Crippen LogP) is 25.1. The van der Waals surface area contributed by atoms with Crippen LogP contribution in [0.25, 0.3) is 0 Å². The highest BCUT2D eigenvalue weighted by Crippen LogP contribution is 2.45. The molecule has 5 atom stereocenters. The molecular formula is C83H162O17P2. The second kappa shape index (κ2) is 74.5. The van der Waals surface area contributed by atoms with Crippen LogP contribution in [-0.2, 0) is 65.4 Å². The first-order valence-electron chi connectivity index (χ1n) is 43.0. The Morgan fingerprint density at radius 3 is 0.667 bits per heavy atom. The fraction of sp³-hybridized carbons (Fsp3) is 0.952. The zero-order valence-corrected chi connectivity index (χ0v) is 68.7. The number of esters is 4. The molecule has 0 aliphatic carbocycles. The van der Waals surface area contributed by atoms with Gasteiger partial charge in [-0.15, -0.1) is 0 Å². The number of ether oxygens (including phenoxy) is 4. The van der Waals surface area contributed by atoms with E-state index in [0.717, 1.165) is 102 Å². The van der Waals surface area contributed by atoms with Gasteiger partial charge in [0.15, 0.2) is 12.2 Å². The number of rotatable bonds is 82. The van der Waals surface area contributed by atoms with Crippen molar-refractivity contribution in [3.05, 3.63) is 0 Å². The van der Waals surface area contributed by atoms with E-state index >= 15 is 0 Å². The van der Waals surface area contributed by atoms with Crippen LogP contribution in [0.5, 0.6) is 0 Å². The van der Waals surface area contributed by atoms with E-state index in [1.54, 1.807) is 0 Å². The molecule has 17 nitrogen and oxygen atoms in total. The Balaban J connectivity index is 5.24. The van der Waals surface area contributed by atoms with Gasteiger partial charge in [0.1, 0.15) is 19.3 Å². The quantitative estimate of drug-likeness (QED) is 0.0222. The molecule has 0 aliphatic rings. The zero-order valence-electron chi connectivity index (χ0n) is 66.9. The van der Waals surface area contributed by atoms with E-state index in [0.29, 0.717) is 31.6 Å². The molecule has 0 fully saturated rings. The normalized spacial score (nSPS) is 13.9. The maximum absolute atomic E-state index is 13.1. The van der Waals surface area contributed by atoms with Crippen molar-refractivity contribution in [1.82, 2.24) is 0 Å². The average molecular weight is 1490 g/mol. The summed E-state index contributed by atoms with van der Waals surface area (Å²) in [4.78, 5) is 73.1. The number of phosphoric acid groups is 2. The molecule has 0 aromatic rings. The third-order valence-corrected chi connectivity index (χ3v) is 21.4. The lowest BCUT2D eigenvalue weighted by Crippen LogP contribution is -2.30. The summed E-state index contributed by atoms with van der Waals surface area (Å²) in [5.74, 6) is -0.615. The standard InChI is InChI=1S/C83H162O17P2/c1-7-9-11-13-15-17-19-21-23-25-26-28-30-34-38-42-48-55-61-67-82(87)99-78(71-93-80(85)65-59-53-47-41-37-33-29-27-24-22-20-18-16-14-12-10-8-2)73-97-101(89,90)95-69-77(84)70-96-102(91,92)98-74-79(72-94-81(86)66-60-54-50-44-46-52-58-64-76(5)6)100-83(88)68-62-56-49-43-39-35-31-32-36-40-45-51-57-63-75(3)4/h75-79,84H,7-74H2,1-6H3,(H,89,90)(H,91,92)/t77-,78-,79-/m1/s1. The average Bonchev–Trinajstić information content (AvgIpc) is 0.908. The molecule has 2 unspecified atom stereocenters. The lowest BCUT2D eigenvalue weighted by Gasteiger charge is -2.21. The Hall–Kier alpha value is -1.94. The third-order valence-electron chi connectivity index (χ3n) is 19.5. The van der Waals surface area contributed by atoms with Gasteiger partial charge in [-0.25, -0.2) is 9.13 Å². The zero-order chi connectivity index (χ0) is 74.9. The van der Waals surface area contributed by atoms with Crippen LogP contribution in [0.2, 0.25) is 0 Å². The Morgan fingerprint density at radius 1 is 0.265 bits per heavy atom. The fourth-order valence-corrected chi connectivity index (χ4v) is 14.5. The van der Waals surface area contributed by atoms with Crippen LogP contribution in [0, 0.1) is 11.8 Å². The van der Waals surface area contributed by atoms with Gasteiger partial charge in [0.05, 0.1) is 26.4 Å². The van der Waals surface area contributed by atoms with Crippen LogP contribution < -0.4 is 0 Å². The molecule has 0 bridgehead atoms. The number of carbonyl (C=O) groups is 4. The van der Waals surface area contributed by atoms with Gasteiger partial charge in [-0.3, -0.25) is 37.3 Å². The lowest BCUT2D eigenvalue weighted by molar-refractivity contribution is -0.161. The Labute approximate surface area is 626 Å². The third kappa shape index (κ3) is 76.3. The van der Waals surface area contributed by atoms with Crippen LogP contribution in [0.1, 0.15) is 440 Å². The molecule has 0 saturated carbocycles. The van der Waals surface area contributed by atoms with Gasteiger partial charge in [0.2, 0.25) is 0 Å². The fourth-order valence-electron chi connectivity index (χ4n) is 12.9. The Kier molecular flexibility index (Phi) is 73.1. The van der Waals surface area contributed by atoms with Crippen LogP contribution in [0.3, 0.4) is 0 Å². The minimum absolute atomic E-state index is 0.107. The molecule has 0 spiro atoms. The first kappa shape index (κ1) is 100. The van der Waals surface area contributed by atoms with Crippen molar-refractivity contribution in [3.8, 4) is 0 Å². The van der Waals surface area contributed by atoms with Gasteiger partial charge in [0.25, 0.3) is 0 Å². The number of aliphatic hydroxyl groups is 1.